The van der Waals surface area contributed by atoms with Crippen LogP contribution in [0.3, 0.4) is 0 Å². The van der Waals surface area contributed by atoms with Crippen LogP contribution >= 0.6 is 0 Å². The maximum absolute atomic E-state index is 8.84. The average molecular weight is 140 g/mol. The van der Waals surface area contributed by atoms with E-state index < -0.39 is 0 Å². The molecule has 58 valence electrons. The summed E-state index contributed by atoms with van der Waals surface area (Å²) in [6, 6.07) is 0. The fourth-order valence-electron chi connectivity index (χ4n) is 0.625. The third-order valence-electron chi connectivity index (χ3n) is 1.18. The second-order valence-electron chi connectivity index (χ2n) is 2.42. The zero-order chi connectivity index (χ0) is 7.82. The monoisotopic (exact) mass is 140 g/mol. The largest absolute Gasteiger partial charge is 0.393 e. The highest BCUT2D eigenvalue weighted by molar-refractivity contribution is 4.85. The minimum Gasteiger partial charge on any atom is -0.393 e. The highest BCUT2D eigenvalue weighted by atomic mass is 16.3. The number of hydrogen-bond donors (Lipinski definition) is 1. The molecular formula is C9H16O. The van der Waals surface area contributed by atoms with E-state index in [4.69, 9.17) is 5.11 Å². The van der Waals surface area contributed by atoms with Crippen LogP contribution in [0.4, 0.5) is 0 Å². The third-order valence-corrected chi connectivity index (χ3v) is 1.18. The summed E-state index contributed by atoms with van der Waals surface area (Å²) in [6.45, 7) is 5.40. The van der Waals surface area contributed by atoms with E-state index in [2.05, 4.69) is 12.7 Å². The van der Waals surface area contributed by atoms with Crippen LogP contribution in [0.25, 0.3) is 0 Å². The Kier molecular flexibility index (Phi) is 6.19. The molecule has 0 fully saturated rings. The number of aliphatic hydroxyl groups excluding tert-OH is 1. The van der Waals surface area contributed by atoms with Crippen molar-refractivity contribution in [3.05, 3.63) is 24.8 Å². The fourth-order valence-corrected chi connectivity index (χ4v) is 0.625. The predicted molar refractivity (Wildman–Crippen MR) is 44.9 cm³/mol. The molecule has 1 N–H and O–H groups in total. The molecule has 10 heavy (non-hydrogen) atoms. The maximum Gasteiger partial charge on any atom is 0.0546 e. The standard InChI is InChI=1S/C9H16O/c1-3-4-5-6-7-8-9(2)10/h3,6-7,9-10H,1,4-5,8H2,2H3. The lowest BCUT2D eigenvalue weighted by molar-refractivity contribution is 0.198. The first kappa shape index (κ1) is 9.44. The lowest BCUT2D eigenvalue weighted by Gasteiger charge is -1.95. The van der Waals surface area contributed by atoms with Gasteiger partial charge in [0.15, 0.2) is 0 Å². The van der Waals surface area contributed by atoms with Gasteiger partial charge in [0.2, 0.25) is 0 Å². The Morgan fingerprint density at radius 2 is 2.10 bits per heavy atom. The van der Waals surface area contributed by atoms with Gasteiger partial charge in [-0.1, -0.05) is 18.2 Å². The van der Waals surface area contributed by atoms with Gasteiger partial charge < -0.3 is 5.11 Å². The number of aliphatic hydroxyl groups is 1. The van der Waals surface area contributed by atoms with Crippen LogP contribution in [-0.4, -0.2) is 11.2 Å². The van der Waals surface area contributed by atoms with Crippen molar-refractivity contribution >= 4 is 0 Å². The van der Waals surface area contributed by atoms with Crippen LogP contribution in [0.15, 0.2) is 24.8 Å². The highest BCUT2D eigenvalue weighted by Gasteiger charge is 1.87. The lowest BCUT2D eigenvalue weighted by atomic mass is 10.2. The summed E-state index contributed by atoms with van der Waals surface area (Å²) in [4.78, 5) is 0. The summed E-state index contributed by atoms with van der Waals surface area (Å²) in [6.07, 6.45) is 8.60. The molecule has 0 saturated carbocycles. The Hall–Kier alpha value is -0.560. The van der Waals surface area contributed by atoms with E-state index in [1.165, 1.54) is 0 Å². The maximum atomic E-state index is 8.84. The zero-order valence-corrected chi connectivity index (χ0v) is 6.59. The molecule has 0 spiro atoms. The summed E-state index contributed by atoms with van der Waals surface area (Å²) >= 11 is 0. The molecule has 0 saturated heterocycles. The molecular weight excluding hydrogens is 124 g/mol. The third kappa shape index (κ3) is 7.44. The van der Waals surface area contributed by atoms with Crippen molar-refractivity contribution in [3.63, 3.8) is 0 Å². The van der Waals surface area contributed by atoms with Gasteiger partial charge in [-0.05, 0) is 26.2 Å². The number of allylic oxidation sites excluding steroid dienone is 2. The Morgan fingerprint density at radius 3 is 2.60 bits per heavy atom. The van der Waals surface area contributed by atoms with Crippen molar-refractivity contribution in [3.8, 4) is 0 Å². The fraction of sp³-hybridized carbons (Fsp3) is 0.556. The molecule has 0 aliphatic heterocycles. The van der Waals surface area contributed by atoms with Crippen molar-refractivity contribution in [2.75, 3.05) is 0 Å². The normalized spacial score (nSPS) is 13.8. The smallest absolute Gasteiger partial charge is 0.0546 e. The molecule has 1 atom stereocenters. The minimum absolute atomic E-state index is 0.208. The van der Waals surface area contributed by atoms with E-state index in [-0.39, 0.29) is 6.10 Å². The van der Waals surface area contributed by atoms with Gasteiger partial charge in [-0.3, -0.25) is 0 Å². The molecule has 0 bridgehead atoms. The van der Waals surface area contributed by atoms with Gasteiger partial charge in [0, 0.05) is 0 Å². The van der Waals surface area contributed by atoms with Gasteiger partial charge in [0.1, 0.15) is 0 Å². The molecule has 0 aromatic rings. The second kappa shape index (κ2) is 6.56. The summed E-state index contributed by atoms with van der Waals surface area (Å²) in [5.74, 6) is 0. The van der Waals surface area contributed by atoms with Gasteiger partial charge in [-0.2, -0.15) is 0 Å². The van der Waals surface area contributed by atoms with Crippen molar-refractivity contribution in [2.45, 2.75) is 32.3 Å². The van der Waals surface area contributed by atoms with Crippen molar-refractivity contribution in [1.82, 2.24) is 0 Å². The van der Waals surface area contributed by atoms with Crippen molar-refractivity contribution in [2.24, 2.45) is 0 Å². The lowest BCUT2D eigenvalue weighted by Crippen LogP contribution is -1.95. The topological polar surface area (TPSA) is 20.2 Å². The SMILES string of the molecule is C=CCCC=CCC(C)O. The van der Waals surface area contributed by atoms with Gasteiger partial charge in [-0.25, -0.2) is 0 Å². The summed E-state index contributed by atoms with van der Waals surface area (Å²) in [5, 5.41) is 8.84. The van der Waals surface area contributed by atoms with E-state index in [1.54, 1.807) is 6.92 Å². The molecule has 0 aromatic heterocycles. The molecule has 1 nitrogen and oxygen atoms in total. The van der Waals surface area contributed by atoms with E-state index in [0.29, 0.717) is 0 Å². The van der Waals surface area contributed by atoms with Crippen molar-refractivity contribution < 1.29 is 5.11 Å². The minimum atomic E-state index is -0.208. The Balaban J connectivity index is 3.11. The molecule has 1 heteroatoms. The van der Waals surface area contributed by atoms with Crippen molar-refractivity contribution in [1.29, 1.82) is 0 Å². The van der Waals surface area contributed by atoms with Crippen LogP contribution < -0.4 is 0 Å². The van der Waals surface area contributed by atoms with Gasteiger partial charge in [-0.15, -0.1) is 6.58 Å². The van der Waals surface area contributed by atoms with Gasteiger partial charge >= 0.3 is 0 Å². The van der Waals surface area contributed by atoms with E-state index in [9.17, 15) is 0 Å². The quantitative estimate of drug-likeness (QED) is 0.459. The first-order valence-electron chi connectivity index (χ1n) is 3.71. The molecule has 0 aliphatic rings. The summed E-state index contributed by atoms with van der Waals surface area (Å²) < 4.78 is 0. The molecule has 0 aromatic carbocycles. The van der Waals surface area contributed by atoms with Crippen LogP contribution in [0.1, 0.15) is 26.2 Å². The van der Waals surface area contributed by atoms with Crippen LogP contribution in [-0.2, 0) is 0 Å². The molecule has 1 unspecified atom stereocenters. The Morgan fingerprint density at radius 1 is 1.40 bits per heavy atom. The molecule has 0 radical (unpaired) electrons. The molecule has 0 rings (SSSR count). The van der Waals surface area contributed by atoms with E-state index in [1.807, 2.05) is 12.2 Å². The summed E-state index contributed by atoms with van der Waals surface area (Å²) in [5.41, 5.74) is 0. The highest BCUT2D eigenvalue weighted by Crippen LogP contribution is 1.95. The Bertz CT molecular complexity index is 103. The number of rotatable bonds is 5. The number of unbranched alkanes of at least 4 members (excludes halogenated alkanes) is 1. The van der Waals surface area contributed by atoms with E-state index in [0.717, 1.165) is 19.3 Å². The summed E-state index contributed by atoms with van der Waals surface area (Å²) in [7, 11) is 0. The van der Waals surface area contributed by atoms with Crippen LogP contribution in [0.2, 0.25) is 0 Å². The molecule has 0 heterocycles. The predicted octanol–water partition coefficient (Wildman–Crippen LogP) is 2.28. The molecule has 0 aliphatic carbocycles. The molecule has 0 amide bonds. The second-order valence-corrected chi connectivity index (χ2v) is 2.42. The number of hydrogen-bond acceptors (Lipinski definition) is 1. The first-order chi connectivity index (χ1) is 4.77. The Labute approximate surface area is 63.1 Å². The van der Waals surface area contributed by atoms with Crippen LogP contribution in [0, 0.1) is 0 Å². The first-order valence-corrected chi connectivity index (χ1v) is 3.71. The van der Waals surface area contributed by atoms with Crippen LogP contribution in [0.5, 0.6) is 0 Å². The zero-order valence-electron chi connectivity index (χ0n) is 6.59. The van der Waals surface area contributed by atoms with E-state index >= 15 is 0 Å². The average Bonchev–Trinajstić information content (AvgIpc) is 1.87. The van der Waals surface area contributed by atoms with Gasteiger partial charge in [0.05, 0.1) is 6.10 Å². The van der Waals surface area contributed by atoms with Gasteiger partial charge in [0.25, 0.3) is 0 Å².